The minimum atomic E-state index is -0.172. The van der Waals surface area contributed by atoms with Gasteiger partial charge < -0.3 is 15.1 Å². The summed E-state index contributed by atoms with van der Waals surface area (Å²) in [6.07, 6.45) is 3.37. The third-order valence-corrected chi connectivity index (χ3v) is 3.52. The van der Waals surface area contributed by atoms with E-state index >= 15 is 0 Å². The molecule has 0 aliphatic carbocycles. The van der Waals surface area contributed by atoms with Crippen LogP contribution in [0.1, 0.15) is 11.1 Å². The van der Waals surface area contributed by atoms with Crippen LogP contribution in [0.4, 0.5) is 10.5 Å². The maximum atomic E-state index is 12.6. The second kappa shape index (κ2) is 8.13. The monoisotopic (exact) mass is 326 g/mol. The average Bonchev–Trinajstić information content (AvgIpc) is 2.96. The molecule has 0 saturated heterocycles. The Kier molecular flexibility index (Phi) is 5.93. The lowest BCUT2D eigenvalue weighted by Crippen LogP contribution is -2.38. The van der Waals surface area contributed by atoms with Gasteiger partial charge in [0.15, 0.2) is 0 Å². The number of carbonyl (C=O) groups excluding carboxylic acids is 1. The van der Waals surface area contributed by atoms with Crippen LogP contribution in [0.15, 0.2) is 36.7 Å². The maximum Gasteiger partial charge on any atom is 0.322 e. The van der Waals surface area contributed by atoms with Crippen LogP contribution < -0.4 is 5.32 Å². The summed E-state index contributed by atoms with van der Waals surface area (Å²) in [5.74, 6) is 0. The van der Waals surface area contributed by atoms with Crippen LogP contribution in [0, 0.1) is 11.3 Å². The first-order chi connectivity index (χ1) is 11.5. The van der Waals surface area contributed by atoms with Crippen LogP contribution in [0.5, 0.6) is 0 Å². The summed E-state index contributed by atoms with van der Waals surface area (Å²) in [5, 5.41) is 15.8. The Bertz CT molecular complexity index is 713. The minimum absolute atomic E-state index is 0.172. The second-order valence-electron chi connectivity index (χ2n) is 5.87. The van der Waals surface area contributed by atoms with E-state index < -0.39 is 0 Å². The molecule has 0 fully saturated rings. The molecule has 0 spiro atoms. The lowest BCUT2D eigenvalue weighted by atomic mass is 10.1. The number of nitriles is 1. The zero-order chi connectivity index (χ0) is 17.5. The molecular weight excluding hydrogens is 304 g/mol. The molecule has 2 rings (SSSR count). The Morgan fingerprint density at radius 3 is 2.54 bits per heavy atom. The fourth-order valence-electron chi connectivity index (χ4n) is 2.17. The van der Waals surface area contributed by atoms with Gasteiger partial charge in [-0.3, -0.25) is 4.68 Å². The molecule has 0 saturated carbocycles. The highest BCUT2D eigenvalue weighted by molar-refractivity contribution is 5.89. The van der Waals surface area contributed by atoms with Crippen molar-refractivity contribution in [2.45, 2.75) is 6.54 Å². The van der Waals surface area contributed by atoms with Gasteiger partial charge >= 0.3 is 6.03 Å². The van der Waals surface area contributed by atoms with E-state index in [4.69, 9.17) is 5.26 Å². The number of carbonyl (C=O) groups is 1. The lowest BCUT2D eigenvalue weighted by molar-refractivity contribution is 0.202. The van der Waals surface area contributed by atoms with E-state index in [1.165, 1.54) is 0 Å². The van der Waals surface area contributed by atoms with Gasteiger partial charge in [0, 0.05) is 32.9 Å². The normalized spacial score (nSPS) is 10.5. The highest BCUT2D eigenvalue weighted by Crippen LogP contribution is 2.10. The molecule has 0 aliphatic rings. The van der Waals surface area contributed by atoms with Crippen molar-refractivity contribution in [2.24, 2.45) is 7.05 Å². The van der Waals surface area contributed by atoms with Crippen LogP contribution in [0.3, 0.4) is 0 Å². The van der Waals surface area contributed by atoms with Crippen molar-refractivity contribution in [3.8, 4) is 6.07 Å². The number of likely N-dealkylation sites (N-methyl/N-ethyl adjacent to an activating group) is 1. The smallest absolute Gasteiger partial charge is 0.319 e. The number of aromatic nitrogens is 2. The van der Waals surface area contributed by atoms with Crippen LogP contribution in [0.2, 0.25) is 0 Å². The van der Waals surface area contributed by atoms with E-state index in [0.717, 1.165) is 12.1 Å². The summed E-state index contributed by atoms with van der Waals surface area (Å²) in [6.45, 7) is 1.83. The number of benzene rings is 1. The van der Waals surface area contributed by atoms with Gasteiger partial charge in [0.1, 0.15) is 0 Å². The first kappa shape index (κ1) is 17.5. The van der Waals surface area contributed by atoms with Crippen molar-refractivity contribution in [2.75, 3.05) is 32.5 Å². The quantitative estimate of drug-likeness (QED) is 0.879. The van der Waals surface area contributed by atoms with E-state index in [9.17, 15) is 4.79 Å². The number of aryl methyl sites for hydroxylation is 1. The van der Waals surface area contributed by atoms with Gasteiger partial charge in [0.05, 0.1) is 23.5 Å². The predicted molar refractivity (Wildman–Crippen MR) is 92.3 cm³/mol. The molecule has 0 bridgehead atoms. The molecule has 2 aromatic rings. The molecule has 1 aromatic heterocycles. The van der Waals surface area contributed by atoms with Gasteiger partial charge in [-0.15, -0.1) is 0 Å². The average molecular weight is 326 g/mol. The molecule has 2 amide bonds. The first-order valence-corrected chi connectivity index (χ1v) is 7.66. The van der Waals surface area contributed by atoms with Crippen molar-refractivity contribution in [1.29, 1.82) is 5.26 Å². The zero-order valence-electron chi connectivity index (χ0n) is 14.2. The second-order valence-corrected chi connectivity index (χ2v) is 5.87. The van der Waals surface area contributed by atoms with Gasteiger partial charge in [-0.05, 0) is 31.8 Å². The summed E-state index contributed by atoms with van der Waals surface area (Å²) in [4.78, 5) is 16.3. The number of urea groups is 1. The van der Waals surface area contributed by atoms with Gasteiger partial charge in [-0.2, -0.15) is 10.4 Å². The number of amides is 2. The topological polar surface area (TPSA) is 77.2 Å². The summed E-state index contributed by atoms with van der Waals surface area (Å²) >= 11 is 0. The van der Waals surface area contributed by atoms with Crippen molar-refractivity contribution in [3.63, 3.8) is 0 Å². The molecule has 1 aromatic carbocycles. The number of nitrogens with one attached hydrogen (secondary N) is 1. The number of anilines is 1. The summed E-state index contributed by atoms with van der Waals surface area (Å²) in [7, 11) is 5.74. The molecule has 0 atom stereocenters. The Balaban J connectivity index is 2.07. The molecule has 7 nitrogen and oxygen atoms in total. The molecule has 0 unspecified atom stereocenters. The van der Waals surface area contributed by atoms with E-state index in [2.05, 4.69) is 16.5 Å². The van der Waals surface area contributed by atoms with Crippen LogP contribution in [-0.2, 0) is 13.6 Å². The highest BCUT2D eigenvalue weighted by atomic mass is 16.2. The van der Waals surface area contributed by atoms with Crippen LogP contribution >= 0.6 is 0 Å². The first-order valence-electron chi connectivity index (χ1n) is 7.66. The predicted octanol–water partition coefficient (Wildman–Crippen LogP) is 1.89. The fourth-order valence-corrected chi connectivity index (χ4v) is 2.17. The molecule has 0 aliphatic heterocycles. The number of hydrogen-bond acceptors (Lipinski definition) is 4. The Hall–Kier alpha value is -2.85. The Morgan fingerprint density at radius 1 is 1.29 bits per heavy atom. The van der Waals surface area contributed by atoms with Crippen LogP contribution in [0.25, 0.3) is 0 Å². The number of nitrogens with zero attached hydrogens (tertiary/aromatic N) is 5. The fraction of sp³-hybridized carbons (Fsp3) is 0.353. The lowest BCUT2D eigenvalue weighted by Gasteiger charge is -2.24. The van der Waals surface area contributed by atoms with Crippen LogP contribution in [-0.4, -0.2) is 52.8 Å². The van der Waals surface area contributed by atoms with Crippen molar-refractivity contribution >= 4 is 11.7 Å². The number of rotatable bonds is 6. The summed E-state index contributed by atoms with van der Waals surface area (Å²) in [5.41, 5.74) is 2.25. The molecule has 0 radical (unpaired) electrons. The van der Waals surface area contributed by atoms with Gasteiger partial charge in [0.2, 0.25) is 0 Å². The third kappa shape index (κ3) is 5.11. The zero-order valence-corrected chi connectivity index (χ0v) is 14.2. The van der Waals surface area contributed by atoms with Crippen molar-refractivity contribution in [3.05, 3.63) is 47.8 Å². The highest BCUT2D eigenvalue weighted by Gasteiger charge is 2.15. The van der Waals surface area contributed by atoms with E-state index in [1.807, 2.05) is 31.1 Å². The van der Waals surface area contributed by atoms with Gasteiger partial charge in [-0.25, -0.2) is 4.79 Å². The SMILES string of the molecule is CN(C)CCN(Cc1ccc(C#N)cc1)C(=O)Nc1cnn(C)c1. The van der Waals surface area contributed by atoms with E-state index in [-0.39, 0.29) is 6.03 Å². The summed E-state index contributed by atoms with van der Waals surface area (Å²) in [6, 6.07) is 9.20. The molecule has 1 N–H and O–H groups in total. The molecule has 24 heavy (non-hydrogen) atoms. The van der Waals surface area contributed by atoms with E-state index in [0.29, 0.717) is 24.3 Å². The maximum absolute atomic E-state index is 12.6. The van der Waals surface area contributed by atoms with Crippen molar-refractivity contribution in [1.82, 2.24) is 19.6 Å². The van der Waals surface area contributed by atoms with Gasteiger partial charge in [-0.1, -0.05) is 12.1 Å². The van der Waals surface area contributed by atoms with Gasteiger partial charge in [0.25, 0.3) is 0 Å². The van der Waals surface area contributed by atoms with Crippen molar-refractivity contribution < 1.29 is 4.79 Å². The van der Waals surface area contributed by atoms with E-state index in [1.54, 1.807) is 41.2 Å². The number of hydrogen-bond donors (Lipinski definition) is 1. The molecular formula is C17H22N6O. The molecule has 1 heterocycles. The standard InChI is InChI=1S/C17H22N6O/c1-21(2)8-9-23(12-15-6-4-14(10-18)5-7-15)17(24)20-16-11-19-22(3)13-16/h4-7,11,13H,8-9,12H2,1-3H3,(H,20,24). The third-order valence-electron chi connectivity index (χ3n) is 3.52. The Labute approximate surface area is 142 Å². The molecule has 126 valence electrons. The summed E-state index contributed by atoms with van der Waals surface area (Å²) < 4.78 is 1.64. The largest absolute Gasteiger partial charge is 0.322 e. The molecule has 7 heteroatoms. The Morgan fingerprint density at radius 2 is 2.00 bits per heavy atom. The minimum Gasteiger partial charge on any atom is -0.319 e.